The Kier molecular flexibility index (Phi) is 8.36. The van der Waals surface area contributed by atoms with Crippen molar-refractivity contribution in [3.8, 4) is 17.2 Å². The molecule has 35 heavy (non-hydrogen) atoms. The predicted molar refractivity (Wildman–Crippen MR) is 141 cm³/mol. The van der Waals surface area contributed by atoms with E-state index in [1.807, 2.05) is 41.5 Å². The highest BCUT2D eigenvalue weighted by molar-refractivity contribution is 7.53. The van der Waals surface area contributed by atoms with Crippen LogP contribution in [-0.2, 0) is 30.6 Å². The zero-order chi connectivity index (χ0) is 27.0. The van der Waals surface area contributed by atoms with Crippen LogP contribution in [0.25, 0.3) is 0 Å². The normalized spacial score (nSPS) is 16.3. The summed E-state index contributed by atoms with van der Waals surface area (Å²) >= 11 is 0. The maximum atomic E-state index is 13.2. The summed E-state index contributed by atoms with van der Waals surface area (Å²) in [6.07, 6.45) is -0.149. The fraction of sp³-hybridized carbons (Fsp3) is 0.538. The minimum atomic E-state index is -3.82. The molecule has 2 aromatic carbocycles. The fourth-order valence-electron chi connectivity index (χ4n) is 3.55. The van der Waals surface area contributed by atoms with Crippen LogP contribution >= 0.6 is 15.2 Å². The van der Waals surface area contributed by atoms with Gasteiger partial charge in [-0.1, -0.05) is 53.7 Å². The molecule has 0 spiro atoms. The summed E-state index contributed by atoms with van der Waals surface area (Å²) in [5, 5.41) is 10.9. The summed E-state index contributed by atoms with van der Waals surface area (Å²) in [6.45, 7) is 18.4. The molecule has 2 aromatic rings. The van der Waals surface area contributed by atoms with Crippen LogP contribution in [0.1, 0.15) is 79.0 Å². The molecule has 2 atom stereocenters. The van der Waals surface area contributed by atoms with Crippen LogP contribution in [0.3, 0.4) is 0 Å². The largest absolute Gasteiger partial charge is 0.507 e. The Bertz CT molecular complexity index is 1100. The molecule has 2 unspecified atom stereocenters. The average molecular weight is 527 g/mol. The molecule has 0 aliphatic heterocycles. The Morgan fingerprint density at radius 2 is 1.20 bits per heavy atom. The molecule has 0 bridgehead atoms. The van der Waals surface area contributed by atoms with Gasteiger partial charge >= 0.3 is 15.2 Å². The van der Waals surface area contributed by atoms with Gasteiger partial charge in [0.2, 0.25) is 0 Å². The van der Waals surface area contributed by atoms with Gasteiger partial charge in [0.25, 0.3) is 0 Å². The smallest absolute Gasteiger partial charge is 0.427 e. The van der Waals surface area contributed by atoms with Crippen LogP contribution in [-0.4, -0.2) is 22.3 Å². The summed E-state index contributed by atoms with van der Waals surface area (Å²) in [7, 11) is -7.41. The van der Waals surface area contributed by atoms with Crippen LogP contribution < -0.4 is 9.05 Å². The van der Waals surface area contributed by atoms with Gasteiger partial charge in [-0.2, -0.15) is 0 Å². The molecule has 196 valence electrons. The molecule has 0 aliphatic rings. The van der Waals surface area contributed by atoms with Gasteiger partial charge in [0.1, 0.15) is 17.2 Å². The van der Waals surface area contributed by atoms with Crippen molar-refractivity contribution in [2.45, 2.75) is 84.9 Å². The second-order valence-electron chi connectivity index (χ2n) is 12.0. The van der Waals surface area contributed by atoms with Gasteiger partial charge in [0.05, 0.1) is 18.4 Å². The van der Waals surface area contributed by atoms with Crippen LogP contribution in [0.4, 0.5) is 0 Å². The molecule has 7 nitrogen and oxygen atoms in total. The number of phenols is 1. The van der Waals surface area contributed by atoms with Crippen LogP contribution in [0.2, 0.25) is 0 Å². The van der Waals surface area contributed by atoms with Crippen LogP contribution in [0, 0.1) is 0 Å². The Labute approximate surface area is 209 Å². The van der Waals surface area contributed by atoms with Crippen molar-refractivity contribution in [3.05, 3.63) is 53.1 Å². The van der Waals surface area contributed by atoms with Crippen LogP contribution in [0.15, 0.2) is 36.4 Å². The van der Waals surface area contributed by atoms with Gasteiger partial charge in [0.15, 0.2) is 0 Å². The Morgan fingerprint density at radius 1 is 0.771 bits per heavy atom. The van der Waals surface area contributed by atoms with Gasteiger partial charge in [-0.05, 0) is 61.4 Å². The highest BCUT2D eigenvalue weighted by Crippen LogP contribution is 2.51. The Hall–Kier alpha value is -1.78. The second-order valence-corrected chi connectivity index (χ2v) is 15.6. The van der Waals surface area contributed by atoms with Gasteiger partial charge in [-0.15, -0.1) is 0 Å². The summed E-state index contributed by atoms with van der Waals surface area (Å²) in [5.74, 6) is 0.854. The molecule has 0 aromatic heterocycles. The van der Waals surface area contributed by atoms with E-state index in [2.05, 4.69) is 0 Å². The zero-order valence-corrected chi connectivity index (χ0v) is 24.3. The van der Waals surface area contributed by atoms with Crippen molar-refractivity contribution < 1.29 is 32.7 Å². The van der Waals surface area contributed by atoms with E-state index in [1.54, 1.807) is 57.2 Å². The molecule has 0 saturated heterocycles. The lowest BCUT2D eigenvalue weighted by atomic mass is 9.79. The van der Waals surface area contributed by atoms with Crippen molar-refractivity contribution >= 4 is 15.2 Å². The van der Waals surface area contributed by atoms with Crippen molar-refractivity contribution in [2.75, 3.05) is 6.66 Å². The third-order valence-corrected chi connectivity index (χ3v) is 7.65. The third-order valence-electron chi connectivity index (χ3n) is 4.96. The summed E-state index contributed by atoms with van der Waals surface area (Å²) in [5.41, 5.74) is 0.502. The zero-order valence-electron chi connectivity index (χ0n) is 22.5. The molecule has 2 N–H and O–H groups in total. The fourth-order valence-corrected chi connectivity index (χ4v) is 6.18. The molecule has 0 heterocycles. The number of hydrogen-bond acceptors (Lipinski definition) is 6. The first-order valence-electron chi connectivity index (χ1n) is 11.5. The minimum Gasteiger partial charge on any atom is -0.507 e. The highest BCUT2D eigenvalue weighted by atomic mass is 31.2. The lowest BCUT2D eigenvalue weighted by Gasteiger charge is -2.28. The maximum absolute atomic E-state index is 13.2. The first-order chi connectivity index (χ1) is 15.6. The van der Waals surface area contributed by atoms with E-state index in [9.17, 15) is 19.1 Å². The van der Waals surface area contributed by atoms with Crippen LogP contribution in [0.5, 0.6) is 17.2 Å². The van der Waals surface area contributed by atoms with Crippen molar-refractivity contribution in [3.63, 3.8) is 0 Å². The number of benzene rings is 2. The number of hydrogen-bond donors (Lipinski definition) is 2. The molecule has 0 radical (unpaired) electrons. The molecular formula is C26H40O7P2. The molecule has 0 fully saturated rings. The Morgan fingerprint density at radius 3 is 1.60 bits per heavy atom. The topological polar surface area (TPSA) is 102 Å². The SMILES string of the molecule is CC(C)(C)OP(=O)(O)Cc1ccc(OP(C)(=O)Oc2cc(C(C)(C)C)c(O)c(C(C)(C)C)c2)cc1. The quantitative estimate of drug-likeness (QED) is 0.355. The van der Waals surface area contributed by atoms with Crippen molar-refractivity contribution in [2.24, 2.45) is 0 Å². The summed E-state index contributed by atoms with van der Waals surface area (Å²) in [4.78, 5) is 10.1. The van der Waals surface area contributed by atoms with E-state index in [0.717, 1.165) is 0 Å². The molecular weight excluding hydrogens is 486 g/mol. The lowest BCUT2D eigenvalue weighted by molar-refractivity contribution is 0.111. The number of phenolic OH excluding ortho intramolecular Hbond substituents is 1. The van der Waals surface area contributed by atoms with E-state index in [1.165, 1.54) is 6.66 Å². The molecule has 9 heteroatoms. The number of aromatic hydroxyl groups is 1. The standard InChI is InChI=1S/C26H40O7P2/c1-24(2,3)21-15-20(16-22(23(21)27)25(4,5)6)32-34(10,28)31-19-13-11-18(12-14-19)17-35(29,30)33-26(7,8)9/h11-16,27H,17H2,1-10H3,(H,29,30). The summed E-state index contributed by atoms with van der Waals surface area (Å²) < 4.78 is 42.3. The van der Waals surface area contributed by atoms with Crippen molar-refractivity contribution in [1.82, 2.24) is 0 Å². The van der Waals surface area contributed by atoms with Gasteiger partial charge < -0.3 is 23.6 Å². The van der Waals surface area contributed by atoms with Crippen molar-refractivity contribution in [1.29, 1.82) is 0 Å². The molecule has 0 aliphatic carbocycles. The minimum absolute atomic E-state index is 0.149. The summed E-state index contributed by atoms with van der Waals surface area (Å²) in [6, 6.07) is 9.79. The monoisotopic (exact) mass is 526 g/mol. The van der Waals surface area contributed by atoms with E-state index in [4.69, 9.17) is 13.6 Å². The predicted octanol–water partition coefficient (Wildman–Crippen LogP) is 7.77. The van der Waals surface area contributed by atoms with E-state index in [-0.39, 0.29) is 22.7 Å². The molecule has 0 amide bonds. The van der Waals surface area contributed by atoms with E-state index < -0.39 is 20.8 Å². The third kappa shape index (κ3) is 8.99. The Balaban J connectivity index is 2.25. The highest BCUT2D eigenvalue weighted by Gasteiger charge is 2.30. The number of rotatable bonds is 7. The first kappa shape index (κ1) is 29.5. The van der Waals surface area contributed by atoms with Gasteiger partial charge in [-0.25, -0.2) is 4.57 Å². The van der Waals surface area contributed by atoms with E-state index in [0.29, 0.717) is 28.2 Å². The first-order valence-corrected chi connectivity index (χ1v) is 15.3. The average Bonchev–Trinajstić information content (AvgIpc) is 2.60. The molecule has 0 saturated carbocycles. The second kappa shape index (κ2) is 9.94. The van der Waals surface area contributed by atoms with Gasteiger partial charge in [-0.3, -0.25) is 4.57 Å². The maximum Gasteiger partial charge on any atom is 0.427 e. The van der Waals surface area contributed by atoms with E-state index >= 15 is 0 Å². The lowest BCUT2D eigenvalue weighted by Crippen LogP contribution is -2.17. The molecule has 2 rings (SSSR count). The van der Waals surface area contributed by atoms with Gasteiger partial charge in [0, 0.05) is 11.1 Å².